The van der Waals surface area contributed by atoms with Crippen LogP contribution in [0.2, 0.25) is 0 Å². The van der Waals surface area contributed by atoms with E-state index >= 15 is 0 Å². The monoisotopic (exact) mass is 206 g/mol. The van der Waals surface area contributed by atoms with Crippen LogP contribution >= 0.6 is 0 Å². The van der Waals surface area contributed by atoms with E-state index < -0.39 is 0 Å². The second-order valence-electron chi connectivity index (χ2n) is 3.77. The average Bonchev–Trinajstić information content (AvgIpc) is 2.19. The maximum atomic E-state index is 11.5. The van der Waals surface area contributed by atoms with Crippen LogP contribution in [0.3, 0.4) is 0 Å². The molecule has 82 valence electrons. The van der Waals surface area contributed by atoms with Gasteiger partial charge in [-0.05, 0) is 37.5 Å². The Balaban J connectivity index is 2.93. The Bertz CT molecular complexity index is 372. The molecule has 1 aromatic carbocycles. The molecule has 3 nitrogen and oxygen atoms in total. The van der Waals surface area contributed by atoms with Crippen molar-refractivity contribution in [3.63, 3.8) is 0 Å². The number of carbonyl (C=O) groups excluding carboxylic acids is 1. The zero-order valence-corrected chi connectivity index (χ0v) is 9.55. The summed E-state index contributed by atoms with van der Waals surface area (Å²) in [5.74, 6) is 0.0503. The van der Waals surface area contributed by atoms with Gasteiger partial charge in [0.15, 0.2) is 0 Å². The van der Waals surface area contributed by atoms with E-state index in [0.29, 0.717) is 12.1 Å². The topological polar surface area (TPSA) is 55.1 Å². The first kappa shape index (κ1) is 11.6. The van der Waals surface area contributed by atoms with Crippen LogP contribution in [0, 0.1) is 13.8 Å². The van der Waals surface area contributed by atoms with E-state index in [1.165, 1.54) is 0 Å². The SMILES string of the molecule is CCCC(=O)Nc1c(C)ccc(N)c1C. The Morgan fingerprint density at radius 1 is 1.40 bits per heavy atom. The highest BCUT2D eigenvalue weighted by Gasteiger charge is 2.08. The summed E-state index contributed by atoms with van der Waals surface area (Å²) in [6, 6.07) is 3.78. The van der Waals surface area contributed by atoms with Crippen LogP contribution in [0.25, 0.3) is 0 Å². The zero-order valence-electron chi connectivity index (χ0n) is 9.55. The van der Waals surface area contributed by atoms with Gasteiger partial charge >= 0.3 is 0 Å². The van der Waals surface area contributed by atoms with Gasteiger partial charge in [0.05, 0.1) is 0 Å². The third-order valence-electron chi connectivity index (χ3n) is 2.46. The van der Waals surface area contributed by atoms with Crippen LogP contribution in [0.4, 0.5) is 11.4 Å². The lowest BCUT2D eigenvalue weighted by molar-refractivity contribution is -0.116. The summed E-state index contributed by atoms with van der Waals surface area (Å²) in [6.07, 6.45) is 1.40. The van der Waals surface area contributed by atoms with Gasteiger partial charge in [0.25, 0.3) is 0 Å². The molecule has 0 aromatic heterocycles. The molecule has 0 atom stereocenters. The molecule has 3 heteroatoms. The van der Waals surface area contributed by atoms with Crippen LogP contribution in [-0.2, 0) is 4.79 Å². The van der Waals surface area contributed by atoms with Crippen molar-refractivity contribution >= 4 is 17.3 Å². The molecule has 0 saturated heterocycles. The molecule has 1 rings (SSSR count). The number of nitrogens with one attached hydrogen (secondary N) is 1. The molecule has 0 saturated carbocycles. The van der Waals surface area contributed by atoms with Crippen molar-refractivity contribution in [3.05, 3.63) is 23.3 Å². The molecule has 0 aliphatic rings. The van der Waals surface area contributed by atoms with Crippen LogP contribution in [0.5, 0.6) is 0 Å². The van der Waals surface area contributed by atoms with Gasteiger partial charge in [-0.2, -0.15) is 0 Å². The fourth-order valence-electron chi connectivity index (χ4n) is 1.48. The average molecular weight is 206 g/mol. The van der Waals surface area contributed by atoms with Gasteiger partial charge in [-0.15, -0.1) is 0 Å². The van der Waals surface area contributed by atoms with E-state index in [1.54, 1.807) is 0 Å². The van der Waals surface area contributed by atoms with Crippen LogP contribution in [0.15, 0.2) is 12.1 Å². The molecule has 15 heavy (non-hydrogen) atoms. The maximum absolute atomic E-state index is 11.5. The van der Waals surface area contributed by atoms with E-state index in [1.807, 2.05) is 32.9 Å². The molecule has 0 fully saturated rings. The van der Waals surface area contributed by atoms with Crippen molar-refractivity contribution in [3.8, 4) is 0 Å². The van der Waals surface area contributed by atoms with Gasteiger partial charge in [0.1, 0.15) is 0 Å². The smallest absolute Gasteiger partial charge is 0.224 e. The Morgan fingerprint density at radius 2 is 2.07 bits per heavy atom. The summed E-state index contributed by atoms with van der Waals surface area (Å²) in [7, 11) is 0. The van der Waals surface area contributed by atoms with Gasteiger partial charge in [-0.3, -0.25) is 4.79 Å². The Hall–Kier alpha value is -1.51. The normalized spacial score (nSPS) is 10.1. The maximum Gasteiger partial charge on any atom is 0.224 e. The van der Waals surface area contributed by atoms with Crippen molar-refractivity contribution in [2.75, 3.05) is 11.1 Å². The molecule has 0 heterocycles. The lowest BCUT2D eigenvalue weighted by Crippen LogP contribution is -2.13. The van der Waals surface area contributed by atoms with Crippen molar-refractivity contribution in [1.82, 2.24) is 0 Å². The van der Waals surface area contributed by atoms with Gasteiger partial charge in [0.2, 0.25) is 5.91 Å². The standard InChI is InChI=1S/C12H18N2O/c1-4-5-11(15)14-12-8(2)6-7-10(13)9(12)3/h6-7H,4-5,13H2,1-3H3,(H,14,15). The highest BCUT2D eigenvalue weighted by Crippen LogP contribution is 2.25. The molecular weight excluding hydrogens is 188 g/mol. The van der Waals surface area contributed by atoms with Crippen LogP contribution in [-0.4, -0.2) is 5.91 Å². The van der Waals surface area contributed by atoms with E-state index in [0.717, 1.165) is 23.2 Å². The number of nitrogen functional groups attached to an aromatic ring is 1. The number of nitrogens with two attached hydrogens (primary N) is 1. The molecule has 3 N–H and O–H groups in total. The fourth-order valence-corrected chi connectivity index (χ4v) is 1.48. The highest BCUT2D eigenvalue weighted by molar-refractivity contribution is 5.93. The third kappa shape index (κ3) is 2.72. The second kappa shape index (κ2) is 4.82. The molecule has 0 aliphatic heterocycles. The summed E-state index contributed by atoms with van der Waals surface area (Å²) < 4.78 is 0. The van der Waals surface area contributed by atoms with Gasteiger partial charge in [-0.25, -0.2) is 0 Å². The molecule has 0 unspecified atom stereocenters. The van der Waals surface area contributed by atoms with E-state index in [2.05, 4.69) is 5.32 Å². The minimum atomic E-state index is 0.0503. The Labute approximate surface area is 90.7 Å². The first-order chi connectivity index (χ1) is 7.06. The second-order valence-corrected chi connectivity index (χ2v) is 3.77. The molecular formula is C12H18N2O. The van der Waals surface area contributed by atoms with Gasteiger partial charge in [-0.1, -0.05) is 13.0 Å². The lowest BCUT2D eigenvalue weighted by Gasteiger charge is -2.13. The number of aryl methyl sites for hydroxylation is 1. The summed E-state index contributed by atoms with van der Waals surface area (Å²) in [6.45, 7) is 5.87. The quantitative estimate of drug-likeness (QED) is 0.747. The van der Waals surface area contributed by atoms with Gasteiger partial charge in [0, 0.05) is 17.8 Å². The van der Waals surface area contributed by atoms with Crippen molar-refractivity contribution in [2.45, 2.75) is 33.6 Å². The number of hydrogen-bond donors (Lipinski definition) is 2. The molecule has 1 amide bonds. The Morgan fingerprint density at radius 3 is 2.67 bits per heavy atom. The molecule has 0 aliphatic carbocycles. The van der Waals surface area contributed by atoms with Crippen LogP contribution < -0.4 is 11.1 Å². The van der Waals surface area contributed by atoms with Gasteiger partial charge < -0.3 is 11.1 Å². The van der Waals surface area contributed by atoms with E-state index in [-0.39, 0.29) is 5.91 Å². The predicted molar refractivity (Wildman–Crippen MR) is 63.9 cm³/mol. The first-order valence-electron chi connectivity index (χ1n) is 5.21. The Kier molecular flexibility index (Phi) is 3.72. The van der Waals surface area contributed by atoms with Crippen molar-refractivity contribution in [2.24, 2.45) is 0 Å². The fraction of sp³-hybridized carbons (Fsp3) is 0.417. The summed E-state index contributed by atoms with van der Waals surface area (Å²) >= 11 is 0. The van der Waals surface area contributed by atoms with Crippen LogP contribution in [0.1, 0.15) is 30.9 Å². The lowest BCUT2D eigenvalue weighted by atomic mass is 10.1. The summed E-state index contributed by atoms with van der Waals surface area (Å²) in [5.41, 5.74) is 9.35. The number of benzene rings is 1. The van der Waals surface area contributed by atoms with E-state index in [9.17, 15) is 4.79 Å². The number of carbonyl (C=O) groups is 1. The molecule has 1 aromatic rings. The number of amides is 1. The molecule has 0 spiro atoms. The zero-order chi connectivity index (χ0) is 11.4. The minimum Gasteiger partial charge on any atom is -0.398 e. The predicted octanol–water partition coefficient (Wildman–Crippen LogP) is 2.62. The third-order valence-corrected chi connectivity index (χ3v) is 2.46. The first-order valence-corrected chi connectivity index (χ1v) is 5.21. The number of anilines is 2. The number of rotatable bonds is 3. The van der Waals surface area contributed by atoms with Crippen molar-refractivity contribution in [1.29, 1.82) is 0 Å². The van der Waals surface area contributed by atoms with E-state index in [4.69, 9.17) is 5.73 Å². The number of hydrogen-bond acceptors (Lipinski definition) is 2. The molecule has 0 radical (unpaired) electrons. The largest absolute Gasteiger partial charge is 0.398 e. The van der Waals surface area contributed by atoms with Crippen molar-refractivity contribution < 1.29 is 4.79 Å². The summed E-state index contributed by atoms with van der Waals surface area (Å²) in [5, 5.41) is 2.90. The minimum absolute atomic E-state index is 0.0503. The molecule has 0 bridgehead atoms. The highest BCUT2D eigenvalue weighted by atomic mass is 16.1. The summed E-state index contributed by atoms with van der Waals surface area (Å²) in [4.78, 5) is 11.5.